The number of esters is 1. The number of pyridine rings is 1. The fourth-order valence-electron chi connectivity index (χ4n) is 4.38. The molecular weight excluding hydrogens is 480 g/mol. The van der Waals surface area contributed by atoms with E-state index in [1.165, 1.54) is 9.47 Å². The van der Waals surface area contributed by atoms with Gasteiger partial charge in [-0.25, -0.2) is 0 Å². The van der Waals surface area contributed by atoms with Gasteiger partial charge in [0.15, 0.2) is 5.75 Å². The summed E-state index contributed by atoms with van der Waals surface area (Å²) in [6.45, 7) is 5.76. The predicted molar refractivity (Wildman–Crippen MR) is 143 cm³/mol. The van der Waals surface area contributed by atoms with Crippen molar-refractivity contribution in [1.29, 1.82) is 0 Å². The molecule has 1 aromatic heterocycles. The number of benzene rings is 2. The Morgan fingerprint density at radius 2 is 1.67 bits per heavy atom. The predicted octanol–water partition coefficient (Wildman–Crippen LogP) is 5.95. The van der Waals surface area contributed by atoms with Gasteiger partial charge in [0.2, 0.25) is 6.79 Å². The summed E-state index contributed by atoms with van der Waals surface area (Å²) in [6.07, 6.45) is 3.17. The Balaban J connectivity index is 2.06. The van der Waals surface area contributed by atoms with E-state index in [4.69, 9.17) is 21.1 Å². The average molecular weight is 513 g/mol. The maximum atomic E-state index is 13.8. The maximum Gasteiger partial charge on any atom is 0.311 e. The smallest absolute Gasteiger partial charge is 0.311 e. The molecule has 1 heterocycles. The zero-order valence-corrected chi connectivity index (χ0v) is 22.0. The lowest BCUT2D eigenvalue weighted by atomic mass is 9.99. The first-order valence-electron chi connectivity index (χ1n) is 12.3. The third-order valence-corrected chi connectivity index (χ3v) is 6.50. The minimum Gasteiger partial charge on any atom is -0.456 e. The van der Waals surface area contributed by atoms with E-state index in [2.05, 4.69) is 0 Å². The van der Waals surface area contributed by atoms with Gasteiger partial charge in [0.1, 0.15) is 5.56 Å². The first-order valence-corrected chi connectivity index (χ1v) is 12.7. The molecule has 3 aromatic rings. The molecule has 0 fully saturated rings. The number of carbonyl (C=O) groups is 2. The van der Waals surface area contributed by atoms with Gasteiger partial charge in [0.05, 0.1) is 21.8 Å². The lowest BCUT2D eigenvalue weighted by molar-refractivity contribution is -0.155. The third kappa shape index (κ3) is 5.73. The molecule has 0 saturated heterocycles. The van der Waals surface area contributed by atoms with Crippen molar-refractivity contribution in [3.8, 4) is 5.75 Å². The molecule has 36 heavy (non-hydrogen) atoms. The van der Waals surface area contributed by atoms with Crippen molar-refractivity contribution in [2.45, 2.75) is 46.5 Å². The number of rotatable bonds is 11. The summed E-state index contributed by atoms with van der Waals surface area (Å²) in [5.74, 6) is -1.09. The van der Waals surface area contributed by atoms with Crippen LogP contribution in [0.5, 0.6) is 5.75 Å². The number of para-hydroxylation sites is 1. The summed E-state index contributed by atoms with van der Waals surface area (Å²) in [6, 6.07) is 14.2. The van der Waals surface area contributed by atoms with Crippen molar-refractivity contribution in [3.05, 3.63) is 69.5 Å². The summed E-state index contributed by atoms with van der Waals surface area (Å²) in [5.41, 5.74) is 0.451. The molecular formula is C28H33ClN2O5. The first kappa shape index (κ1) is 27.3. The van der Waals surface area contributed by atoms with Gasteiger partial charge < -0.3 is 18.9 Å². The summed E-state index contributed by atoms with van der Waals surface area (Å²) in [5, 5.41) is 0.722. The average Bonchev–Trinajstić information content (AvgIpc) is 2.87. The Morgan fingerprint density at radius 3 is 2.28 bits per heavy atom. The van der Waals surface area contributed by atoms with Crippen LogP contribution < -0.4 is 15.2 Å². The van der Waals surface area contributed by atoms with Crippen molar-refractivity contribution in [2.75, 3.05) is 18.2 Å². The highest BCUT2D eigenvalue weighted by Gasteiger charge is 2.28. The molecule has 0 aliphatic carbocycles. The SMILES string of the molecule is CCCC(CCC)C(=O)OCOc1c(C(=O)N(CC)c2ccccc2)c(=O)n(C)c2cccc(Cl)c12. The molecule has 192 valence electrons. The Bertz CT molecular complexity index is 1270. The molecule has 0 saturated carbocycles. The number of ether oxygens (including phenoxy) is 2. The zero-order valence-electron chi connectivity index (χ0n) is 21.3. The second kappa shape index (κ2) is 12.6. The highest BCUT2D eigenvalue weighted by atomic mass is 35.5. The molecule has 1 amide bonds. The highest BCUT2D eigenvalue weighted by molar-refractivity contribution is 6.36. The molecule has 0 spiro atoms. The number of hydrogen-bond donors (Lipinski definition) is 0. The summed E-state index contributed by atoms with van der Waals surface area (Å²) in [7, 11) is 1.58. The van der Waals surface area contributed by atoms with Crippen molar-refractivity contribution < 1.29 is 19.1 Å². The topological polar surface area (TPSA) is 77.8 Å². The molecule has 0 radical (unpaired) electrons. The largest absolute Gasteiger partial charge is 0.456 e. The van der Waals surface area contributed by atoms with Crippen molar-refractivity contribution in [3.63, 3.8) is 0 Å². The molecule has 0 atom stereocenters. The number of aryl methyl sites for hydroxylation is 1. The Kier molecular flexibility index (Phi) is 9.53. The lowest BCUT2D eigenvalue weighted by Gasteiger charge is -2.23. The molecule has 2 aromatic carbocycles. The van der Waals surface area contributed by atoms with Gasteiger partial charge in [-0.15, -0.1) is 0 Å². The molecule has 7 nitrogen and oxygen atoms in total. The van der Waals surface area contributed by atoms with E-state index in [1.54, 1.807) is 37.4 Å². The number of halogens is 1. The Labute approximate surface area is 216 Å². The van der Waals surface area contributed by atoms with Crippen molar-refractivity contribution in [2.24, 2.45) is 13.0 Å². The first-order chi connectivity index (χ1) is 17.3. The van der Waals surface area contributed by atoms with Crippen LogP contribution in [0.25, 0.3) is 10.9 Å². The van der Waals surface area contributed by atoms with Crippen LogP contribution in [-0.4, -0.2) is 29.8 Å². The van der Waals surface area contributed by atoms with E-state index < -0.39 is 18.3 Å². The van der Waals surface area contributed by atoms with Crippen LogP contribution in [0, 0.1) is 5.92 Å². The van der Waals surface area contributed by atoms with Crippen LogP contribution in [0.4, 0.5) is 5.69 Å². The van der Waals surface area contributed by atoms with Gasteiger partial charge in [-0.2, -0.15) is 0 Å². The van der Waals surface area contributed by atoms with Gasteiger partial charge >= 0.3 is 5.97 Å². The van der Waals surface area contributed by atoms with Crippen molar-refractivity contribution >= 4 is 40.1 Å². The van der Waals surface area contributed by atoms with Crippen LogP contribution in [0.3, 0.4) is 0 Å². The summed E-state index contributed by atoms with van der Waals surface area (Å²) < 4.78 is 12.7. The number of carbonyl (C=O) groups excluding carboxylic acids is 2. The lowest BCUT2D eigenvalue weighted by Crippen LogP contribution is -2.37. The normalized spacial score (nSPS) is 11.1. The minimum atomic E-state index is -0.527. The highest BCUT2D eigenvalue weighted by Crippen LogP contribution is 2.34. The molecule has 0 aliphatic rings. The van der Waals surface area contributed by atoms with Gasteiger partial charge in [-0.05, 0) is 44.0 Å². The van der Waals surface area contributed by atoms with Gasteiger partial charge in [-0.3, -0.25) is 14.4 Å². The second-order valence-electron chi connectivity index (χ2n) is 8.59. The molecule has 0 N–H and O–H groups in total. The maximum absolute atomic E-state index is 13.8. The van der Waals surface area contributed by atoms with E-state index in [0.29, 0.717) is 28.2 Å². The fourth-order valence-corrected chi connectivity index (χ4v) is 4.63. The third-order valence-electron chi connectivity index (χ3n) is 6.18. The zero-order chi connectivity index (χ0) is 26.2. The standard InChI is InChI=1S/C28H33ClN2O5/c1-5-12-19(13-6-2)28(34)36-18-35-25-23-21(29)16-11-17-22(23)30(4)26(32)24(25)27(33)31(7-3)20-14-9-8-10-15-20/h8-11,14-17,19H,5-7,12-13,18H2,1-4H3. The molecule has 0 unspecified atom stereocenters. The van der Waals surface area contributed by atoms with Gasteiger partial charge in [0.25, 0.3) is 11.5 Å². The second-order valence-corrected chi connectivity index (χ2v) is 8.99. The number of fused-ring (bicyclic) bond motifs is 1. The number of anilines is 1. The van der Waals surface area contributed by atoms with Crippen LogP contribution in [0.1, 0.15) is 56.8 Å². The van der Waals surface area contributed by atoms with Crippen LogP contribution in [-0.2, 0) is 16.6 Å². The quantitative estimate of drug-likeness (QED) is 0.234. The monoisotopic (exact) mass is 512 g/mol. The van der Waals surface area contributed by atoms with E-state index in [9.17, 15) is 14.4 Å². The van der Waals surface area contributed by atoms with E-state index in [-0.39, 0.29) is 23.2 Å². The molecule has 0 aliphatic heterocycles. The Hall–Kier alpha value is -3.32. The van der Waals surface area contributed by atoms with Gasteiger partial charge in [0, 0.05) is 19.3 Å². The van der Waals surface area contributed by atoms with E-state index in [0.717, 1.165) is 25.7 Å². The molecule has 3 rings (SSSR count). The van der Waals surface area contributed by atoms with Crippen LogP contribution >= 0.6 is 11.6 Å². The van der Waals surface area contributed by atoms with E-state index in [1.807, 2.05) is 39.0 Å². The number of hydrogen-bond acceptors (Lipinski definition) is 5. The van der Waals surface area contributed by atoms with E-state index >= 15 is 0 Å². The Morgan fingerprint density at radius 1 is 1.00 bits per heavy atom. The number of nitrogens with zero attached hydrogens (tertiary/aromatic N) is 2. The molecule has 0 bridgehead atoms. The minimum absolute atomic E-state index is 0.00779. The fraction of sp³-hybridized carbons (Fsp3) is 0.393. The molecule has 8 heteroatoms. The van der Waals surface area contributed by atoms with Gasteiger partial charge in [-0.1, -0.05) is 62.6 Å². The number of amides is 1. The van der Waals surface area contributed by atoms with Crippen LogP contribution in [0.2, 0.25) is 5.02 Å². The summed E-state index contributed by atoms with van der Waals surface area (Å²) in [4.78, 5) is 41.4. The van der Waals surface area contributed by atoms with Crippen LogP contribution in [0.15, 0.2) is 53.3 Å². The number of aromatic nitrogens is 1. The summed E-state index contributed by atoms with van der Waals surface area (Å²) >= 11 is 6.54. The van der Waals surface area contributed by atoms with Crippen molar-refractivity contribution in [1.82, 2.24) is 4.57 Å².